The molecule has 1 saturated heterocycles. The number of benzene rings is 2. The van der Waals surface area contributed by atoms with E-state index in [-0.39, 0.29) is 22.1 Å². The summed E-state index contributed by atoms with van der Waals surface area (Å²) in [5.41, 5.74) is 1.48. The number of esters is 1. The van der Waals surface area contributed by atoms with Gasteiger partial charge in [0.15, 0.2) is 16.9 Å². The molecule has 1 fully saturated rings. The van der Waals surface area contributed by atoms with Crippen LogP contribution in [0.1, 0.15) is 22.9 Å². The van der Waals surface area contributed by atoms with Crippen molar-refractivity contribution in [2.24, 2.45) is 5.16 Å². The number of fused-ring (bicyclic) bond motifs is 1. The molecule has 2 aromatic carbocycles. The van der Waals surface area contributed by atoms with Crippen LogP contribution in [-0.2, 0) is 33.5 Å². The van der Waals surface area contributed by atoms with Crippen LogP contribution in [0.25, 0.3) is 0 Å². The van der Waals surface area contributed by atoms with E-state index in [1.807, 2.05) is 60.7 Å². The summed E-state index contributed by atoms with van der Waals surface area (Å²) in [7, 11) is 1.25. The zero-order valence-corrected chi connectivity index (χ0v) is 23.5. The van der Waals surface area contributed by atoms with Crippen molar-refractivity contribution in [3.8, 4) is 0 Å². The normalized spacial score (nSPS) is 19.6. The van der Waals surface area contributed by atoms with Crippen LogP contribution in [0.2, 0.25) is 0 Å². The van der Waals surface area contributed by atoms with Crippen LogP contribution >= 0.6 is 23.1 Å². The topological polar surface area (TPSA) is 156 Å². The number of β-lactam (4-membered cyclic amide) rings is 1. The molecule has 1 aromatic heterocycles. The summed E-state index contributed by atoms with van der Waals surface area (Å²) in [6, 6.07) is 17.4. The summed E-state index contributed by atoms with van der Waals surface area (Å²) in [6.45, 7) is 0. The number of anilines is 1. The maximum Gasteiger partial charge on any atom is 0.324 e. The van der Waals surface area contributed by atoms with Gasteiger partial charge in [-0.1, -0.05) is 65.8 Å². The molecule has 3 heterocycles. The van der Waals surface area contributed by atoms with E-state index in [9.17, 15) is 24.0 Å². The van der Waals surface area contributed by atoms with Crippen LogP contribution < -0.4 is 10.6 Å². The number of hydrogen-bond acceptors (Lipinski definition) is 11. The third-order valence-corrected chi connectivity index (χ3v) is 8.64. The molecule has 2 N–H and O–H groups in total. The Hall–Kier alpha value is -4.82. The summed E-state index contributed by atoms with van der Waals surface area (Å²) in [5, 5.41) is 8.73. The lowest BCUT2D eigenvalue weighted by Crippen LogP contribution is -2.69. The molecule has 0 bridgehead atoms. The average molecular weight is 606 g/mol. The van der Waals surface area contributed by atoms with Gasteiger partial charge in [0.25, 0.3) is 11.8 Å². The summed E-state index contributed by atoms with van der Waals surface area (Å²) in [6.07, 6.45) is 1.55. The Bertz CT molecular complexity index is 1520. The van der Waals surface area contributed by atoms with E-state index in [4.69, 9.17) is 9.57 Å². The van der Waals surface area contributed by atoms with Crippen molar-refractivity contribution in [1.82, 2.24) is 15.2 Å². The van der Waals surface area contributed by atoms with Gasteiger partial charge in [-0.25, -0.2) is 4.98 Å². The smallest absolute Gasteiger partial charge is 0.324 e. The molecule has 3 aromatic rings. The van der Waals surface area contributed by atoms with Crippen molar-refractivity contribution in [3.63, 3.8) is 0 Å². The number of rotatable bonds is 11. The molecule has 2 aliphatic heterocycles. The third kappa shape index (κ3) is 5.80. The van der Waals surface area contributed by atoms with Crippen LogP contribution in [0.4, 0.5) is 5.13 Å². The zero-order chi connectivity index (χ0) is 29.6. The van der Waals surface area contributed by atoms with E-state index >= 15 is 0 Å². The molecule has 3 atom stereocenters. The number of thioether (sulfide) groups is 1. The van der Waals surface area contributed by atoms with E-state index in [0.717, 1.165) is 34.2 Å². The first-order valence-electron chi connectivity index (χ1n) is 12.5. The maximum atomic E-state index is 13.5. The first-order valence-corrected chi connectivity index (χ1v) is 14.3. The van der Waals surface area contributed by atoms with Crippen LogP contribution in [0.5, 0.6) is 0 Å². The van der Waals surface area contributed by atoms with Gasteiger partial charge in [-0.2, -0.15) is 0 Å². The number of nitrogens with zero attached hydrogens (tertiary/aromatic N) is 3. The van der Waals surface area contributed by atoms with Gasteiger partial charge in [-0.05, 0) is 11.1 Å². The number of aldehydes is 1. The van der Waals surface area contributed by atoms with Gasteiger partial charge < -0.3 is 25.1 Å². The third-order valence-electron chi connectivity index (χ3n) is 6.35. The molecule has 0 aliphatic carbocycles. The number of thiazole rings is 1. The summed E-state index contributed by atoms with van der Waals surface area (Å²) in [5.74, 6) is -1.90. The molecule has 5 rings (SSSR count). The molecule has 12 nitrogen and oxygen atoms in total. The highest BCUT2D eigenvalue weighted by Crippen LogP contribution is 2.41. The predicted octanol–water partition coefficient (Wildman–Crippen LogP) is 2.25. The van der Waals surface area contributed by atoms with Crippen LogP contribution in [0.15, 0.2) is 83.0 Å². The van der Waals surface area contributed by atoms with Gasteiger partial charge >= 0.3 is 5.97 Å². The summed E-state index contributed by atoms with van der Waals surface area (Å²) < 4.78 is 5.97. The largest absolute Gasteiger partial charge is 0.451 e. The highest BCUT2D eigenvalue weighted by atomic mass is 32.2. The molecule has 14 heteroatoms. The van der Waals surface area contributed by atoms with Crippen molar-refractivity contribution in [2.45, 2.75) is 22.8 Å². The van der Waals surface area contributed by atoms with Crippen molar-refractivity contribution in [1.29, 1.82) is 0 Å². The fourth-order valence-electron chi connectivity index (χ4n) is 4.40. The molecule has 0 spiro atoms. The second kappa shape index (κ2) is 12.8. The quantitative estimate of drug-likeness (QED) is 0.110. The SMILES string of the molecule is CON=C(C(=O)NC1C(=O)N2C=C(C=O)C(C(=O)OC(c3ccccc3)c3ccccc3)S[C@H]12)c1csc(NC=O)n1. The van der Waals surface area contributed by atoms with Gasteiger partial charge in [0.2, 0.25) is 6.41 Å². The van der Waals surface area contributed by atoms with Gasteiger partial charge in [-0.3, -0.25) is 24.0 Å². The van der Waals surface area contributed by atoms with E-state index in [1.54, 1.807) is 0 Å². The lowest BCUT2D eigenvalue weighted by molar-refractivity contribution is -0.148. The van der Waals surface area contributed by atoms with Gasteiger partial charge in [-0.15, -0.1) is 23.1 Å². The average Bonchev–Trinajstić information content (AvgIpc) is 3.49. The fraction of sp³-hybridized carbons (Fsp3) is 0.179. The number of aromatic nitrogens is 1. The second-order valence-corrected chi connectivity index (χ2v) is 11.0. The number of ether oxygens (including phenoxy) is 1. The maximum absolute atomic E-state index is 13.5. The number of nitrogens with one attached hydrogen (secondary N) is 2. The molecular formula is C28H23N5O7S2. The summed E-state index contributed by atoms with van der Waals surface area (Å²) in [4.78, 5) is 72.4. The monoisotopic (exact) mass is 605 g/mol. The van der Waals surface area contributed by atoms with Crippen LogP contribution in [0.3, 0.4) is 0 Å². The lowest BCUT2D eigenvalue weighted by Gasteiger charge is -2.48. The van der Waals surface area contributed by atoms with Gasteiger partial charge in [0, 0.05) is 17.2 Å². The first-order chi connectivity index (χ1) is 20.4. The highest BCUT2D eigenvalue weighted by Gasteiger charge is 2.53. The van der Waals surface area contributed by atoms with Crippen molar-refractivity contribution in [2.75, 3.05) is 12.4 Å². The highest BCUT2D eigenvalue weighted by molar-refractivity contribution is 8.01. The second-order valence-electron chi connectivity index (χ2n) is 8.91. The van der Waals surface area contributed by atoms with Crippen molar-refractivity contribution in [3.05, 3.63) is 94.6 Å². The Morgan fingerprint density at radius 2 is 1.74 bits per heavy atom. The number of oxime groups is 1. The predicted molar refractivity (Wildman–Crippen MR) is 154 cm³/mol. The molecule has 2 unspecified atom stereocenters. The Morgan fingerprint density at radius 3 is 2.33 bits per heavy atom. The molecule has 0 radical (unpaired) electrons. The molecule has 214 valence electrons. The summed E-state index contributed by atoms with van der Waals surface area (Å²) >= 11 is 2.09. The van der Waals surface area contributed by atoms with E-state index < -0.39 is 40.6 Å². The standard InChI is InChI=1S/C28H23N5O7S2/c1-39-32-20(19-14-41-28(30-19)29-15-35)24(36)31-21-25(37)33-12-18(13-34)23(42-26(21)33)27(38)40-22(16-8-4-2-5-9-16)17-10-6-3-7-11-17/h2-15,21-23,26H,1H3,(H,31,36)(H,29,30,35)/t21?,23?,26-/m1/s1. The Morgan fingerprint density at radius 1 is 1.07 bits per heavy atom. The van der Waals surface area contributed by atoms with Crippen LogP contribution in [-0.4, -0.2) is 69.9 Å². The zero-order valence-electron chi connectivity index (χ0n) is 21.9. The number of amides is 3. The lowest BCUT2D eigenvalue weighted by atomic mass is 10.0. The number of carbonyl (C=O) groups excluding carboxylic acids is 5. The van der Waals surface area contributed by atoms with Gasteiger partial charge in [0.1, 0.15) is 35.8 Å². The molecule has 3 amide bonds. The van der Waals surface area contributed by atoms with E-state index in [2.05, 4.69) is 20.8 Å². The Labute approximate surface area is 247 Å². The minimum atomic E-state index is -1.05. The van der Waals surface area contributed by atoms with Crippen molar-refractivity contribution >= 4 is 64.4 Å². The molecule has 42 heavy (non-hydrogen) atoms. The van der Waals surface area contributed by atoms with Gasteiger partial charge in [0.05, 0.1) is 0 Å². The number of carbonyl (C=O) groups is 5. The molecule has 2 aliphatic rings. The number of hydrogen-bond donors (Lipinski definition) is 2. The Balaban J connectivity index is 1.34. The van der Waals surface area contributed by atoms with Crippen LogP contribution in [0, 0.1) is 0 Å². The fourth-order valence-corrected chi connectivity index (χ4v) is 6.41. The molecular weight excluding hydrogens is 582 g/mol. The van der Waals surface area contributed by atoms with E-state index in [1.165, 1.54) is 23.6 Å². The molecule has 0 saturated carbocycles. The van der Waals surface area contributed by atoms with E-state index in [0.29, 0.717) is 12.7 Å². The van der Waals surface area contributed by atoms with Crippen molar-refractivity contribution < 1.29 is 33.5 Å². The first kappa shape index (κ1) is 28.7. The Kier molecular flexibility index (Phi) is 8.74. The minimum absolute atomic E-state index is 0.0681. The minimum Gasteiger partial charge on any atom is -0.451 e.